The molecule has 1 aliphatic rings. The summed E-state index contributed by atoms with van der Waals surface area (Å²) < 4.78 is 0. The zero-order valence-electron chi connectivity index (χ0n) is 4.93. The summed E-state index contributed by atoms with van der Waals surface area (Å²) in [6, 6.07) is 0.686. The van der Waals surface area contributed by atoms with Crippen LogP contribution in [0.2, 0.25) is 0 Å². The molecule has 1 saturated carbocycles. The van der Waals surface area contributed by atoms with Gasteiger partial charge in [0.05, 0.1) is 6.10 Å². The monoisotopic (exact) mass is 114 g/mol. The van der Waals surface area contributed by atoms with Crippen LogP contribution in [0.4, 0.5) is 0 Å². The average molecular weight is 114 g/mol. The van der Waals surface area contributed by atoms with Crippen LogP contribution in [-0.2, 0) is 0 Å². The predicted molar refractivity (Wildman–Crippen MR) is 32.4 cm³/mol. The number of rotatable bonds is 3. The van der Waals surface area contributed by atoms with Crippen LogP contribution in [0.5, 0.6) is 0 Å². The molecular formula is C6H12NO. The lowest BCUT2D eigenvalue weighted by Gasteiger charge is -2.02. The largest absolute Gasteiger partial charge is 0.392 e. The van der Waals surface area contributed by atoms with Gasteiger partial charge in [-0.15, -0.1) is 0 Å². The Morgan fingerprint density at radius 2 is 2.38 bits per heavy atom. The first-order valence-electron chi connectivity index (χ1n) is 3.03. The average Bonchev–Trinajstić information content (AvgIpc) is 2.41. The van der Waals surface area contributed by atoms with Gasteiger partial charge in [0.15, 0.2) is 0 Å². The maximum atomic E-state index is 8.66. The van der Waals surface area contributed by atoms with Gasteiger partial charge in [0.1, 0.15) is 0 Å². The van der Waals surface area contributed by atoms with Crippen LogP contribution in [0.3, 0.4) is 0 Å². The van der Waals surface area contributed by atoms with Crippen molar-refractivity contribution in [2.75, 3.05) is 6.54 Å². The second kappa shape index (κ2) is 2.46. The highest BCUT2D eigenvalue weighted by Gasteiger charge is 2.20. The minimum atomic E-state index is -0.435. The van der Waals surface area contributed by atoms with Gasteiger partial charge in [-0.3, -0.25) is 0 Å². The normalized spacial score (nSPS) is 23.2. The number of hydrogen-bond donors (Lipinski definition) is 2. The molecule has 2 nitrogen and oxygen atoms in total. The van der Waals surface area contributed by atoms with Crippen LogP contribution in [0.25, 0.3) is 0 Å². The lowest BCUT2D eigenvalue weighted by molar-refractivity contribution is 0.216. The lowest BCUT2D eigenvalue weighted by Crippen LogP contribution is -2.26. The van der Waals surface area contributed by atoms with Crippen molar-refractivity contribution in [2.45, 2.75) is 25.0 Å². The van der Waals surface area contributed by atoms with Gasteiger partial charge in [0.2, 0.25) is 0 Å². The van der Waals surface area contributed by atoms with E-state index in [4.69, 9.17) is 5.11 Å². The van der Waals surface area contributed by atoms with Gasteiger partial charge in [-0.1, -0.05) is 0 Å². The van der Waals surface area contributed by atoms with Crippen LogP contribution in [0, 0.1) is 6.92 Å². The van der Waals surface area contributed by atoms with E-state index in [-0.39, 0.29) is 0 Å². The third kappa shape index (κ3) is 2.28. The van der Waals surface area contributed by atoms with Crippen LogP contribution in [0.15, 0.2) is 0 Å². The van der Waals surface area contributed by atoms with Crippen molar-refractivity contribution in [3.63, 3.8) is 0 Å². The summed E-state index contributed by atoms with van der Waals surface area (Å²) in [6.07, 6.45) is 2.11. The Hall–Kier alpha value is -0.0800. The highest BCUT2D eigenvalue weighted by Crippen LogP contribution is 2.18. The van der Waals surface area contributed by atoms with Crippen molar-refractivity contribution >= 4 is 0 Å². The first-order valence-corrected chi connectivity index (χ1v) is 3.03. The molecule has 1 fully saturated rings. The summed E-state index contributed by atoms with van der Waals surface area (Å²) in [6.45, 7) is 4.07. The SMILES string of the molecule is [CH2]C(O)CNC1CC1. The van der Waals surface area contributed by atoms with E-state index in [2.05, 4.69) is 12.2 Å². The second-order valence-corrected chi connectivity index (χ2v) is 2.34. The molecule has 0 aromatic carbocycles. The summed E-state index contributed by atoms with van der Waals surface area (Å²) in [7, 11) is 0. The Bertz CT molecular complexity index is 66.9. The molecule has 0 heterocycles. The molecule has 2 N–H and O–H groups in total. The van der Waals surface area contributed by atoms with E-state index < -0.39 is 6.10 Å². The first kappa shape index (κ1) is 6.05. The van der Waals surface area contributed by atoms with E-state index in [1.807, 2.05) is 0 Å². The number of aliphatic hydroxyl groups is 1. The summed E-state index contributed by atoms with van der Waals surface area (Å²) in [5.41, 5.74) is 0. The van der Waals surface area contributed by atoms with Gasteiger partial charge in [0, 0.05) is 12.6 Å². The van der Waals surface area contributed by atoms with Gasteiger partial charge < -0.3 is 10.4 Å². The molecule has 2 heteroatoms. The fraction of sp³-hybridized carbons (Fsp3) is 0.833. The van der Waals surface area contributed by atoms with Gasteiger partial charge >= 0.3 is 0 Å². The van der Waals surface area contributed by atoms with E-state index in [1.165, 1.54) is 12.8 Å². The smallest absolute Gasteiger partial charge is 0.0665 e. The summed E-state index contributed by atoms with van der Waals surface area (Å²) in [5, 5.41) is 11.8. The molecule has 0 aliphatic heterocycles. The lowest BCUT2D eigenvalue weighted by atomic mass is 10.4. The van der Waals surface area contributed by atoms with Gasteiger partial charge in [-0.05, 0) is 19.8 Å². The van der Waals surface area contributed by atoms with E-state index in [1.54, 1.807) is 0 Å². The molecular weight excluding hydrogens is 102 g/mol. The standard InChI is InChI=1S/C6H12NO/c1-5(8)4-7-6-2-3-6/h5-8H,1-4H2. The molecule has 1 aliphatic carbocycles. The Kier molecular flexibility index (Phi) is 1.86. The molecule has 0 amide bonds. The van der Waals surface area contributed by atoms with E-state index in [0.29, 0.717) is 12.6 Å². The van der Waals surface area contributed by atoms with Crippen molar-refractivity contribution in [3.8, 4) is 0 Å². The van der Waals surface area contributed by atoms with Crippen molar-refractivity contribution in [2.24, 2.45) is 0 Å². The molecule has 47 valence electrons. The maximum absolute atomic E-state index is 8.66. The first-order chi connectivity index (χ1) is 3.79. The molecule has 8 heavy (non-hydrogen) atoms. The molecule has 1 unspecified atom stereocenters. The highest BCUT2D eigenvalue weighted by atomic mass is 16.3. The van der Waals surface area contributed by atoms with Gasteiger partial charge in [-0.2, -0.15) is 0 Å². The Morgan fingerprint density at radius 1 is 1.75 bits per heavy atom. The zero-order valence-corrected chi connectivity index (χ0v) is 4.93. The van der Waals surface area contributed by atoms with E-state index in [9.17, 15) is 0 Å². The molecule has 0 saturated heterocycles. The topological polar surface area (TPSA) is 32.3 Å². The molecule has 1 rings (SSSR count). The minimum absolute atomic E-state index is 0.435. The molecule has 0 bridgehead atoms. The number of aliphatic hydroxyl groups excluding tert-OH is 1. The van der Waals surface area contributed by atoms with Crippen LogP contribution in [-0.4, -0.2) is 23.8 Å². The summed E-state index contributed by atoms with van der Waals surface area (Å²) in [4.78, 5) is 0. The third-order valence-corrected chi connectivity index (χ3v) is 1.22. The fourth-order valence-electron chi connectivity index (χ4n) is 0.590. The number of nitrogens with one attached hydrogen (secondary N) is 1. The van der Waals surface area contributed by atoms with Gasteiger partial charge in [0.25, 0.3) is 0 Å². The molecule has 0 aromatic heterocycles. The van der Waals surface area contributed by atoms with E-state index in [0.717, 1.165) is 0 Å². The molecule has 1 atom stereocenters. The number of hydrogen-bond acceptors (Lipinski definition) is 2. The summed E-state index contributed by atoms with van der Waals surface area (Å²) >= 11 is 0. The van der Waals surface area contributed by atoms with Crippen molar-refractivity contribution < 1.29 is 5.11 Å². The summed E-state index contributed by atoms with van der Waals surface area (Å²) in [5.74, 6) is 0. The second-order valence-electron chi connectivity index (χ2n) is 2.34. The Balaban J connectivity index is 1.87. The van der Waals surface area contributed by atoms with Crippen LogP contribution >= 0.6 is 0 Å². The minimum Gasteiger partial charge on any atom is -0.392 e. The molecule has 1 radical (unpaired) electrons. The van der Waals surface area contributed by atoms with E-state index >= 15 is 0 Å². The van der Waals surface area contributed by atoms with Crippen molar-refractivity contribution in [3.05, 3.63) is 6.92 Å². The maximum Gasteiger partial charge on any atom is 0.0665 e. The van der Waals surface area contributed by atoms with Crippen molar-refractivity contribution in [1.29, 1.82) is 0 Å². The highest BCUT2D eigenvalue weighted by molar-refractivity contribution is 4.81. The Labute approximate surface area is 49.9 Å². The molecule has 0 aromatic rings. The fourth-order valence-corrected chi connectivity index (χ4v) is 0.590. The zero-order chi connectivity index (χ0) is 5.98. The Morgan fingerprint density at radius 3 is 2.75 bits per heavy atom. The predicted octanol–water partition coefficient (Wildman–Crippen LogP) is -0.0666. The van der Waals surface area contributed by atoms with Gasteiger partial charge in [-0.25, -0.2) is 0 Å². The third-order valence-electron chi connectivity index (χ3n) is 1.22. The van der Waals surface area contributed by atoms with Crippen LogP contribution < -0.4 is 5.32 Å². The molecule has 0 spiro atoms. The quantitative estimate of drug-likeness (QED) is 0.538. The van der Waals surface area contributed by atoms with Crippen molar-refractivity contribution in [1.82, 2.24) is 5.32 Å². The van der Waals surface area contributed by atoms with Crippen LogP contribution in [0.1, 0.15) is 12.8 Å².